The lowest BCUT2D eigenvalue weighted by Crippen LogP contribution is -2.38. The van der Waals surface area contributed by atoms with E-state index in [9.17, 15) is 28.8 Å². The largest absolute Gasteiger partial charge is 0.336 e. The van der Waals surface area contributed by atoms with E-state index in [0.29, 0.717) is 76.6 Å². The fraction of sp³-hybridized carbons (Fsp3) is 0.231. The minimum absolute atomic E-state index is 0.0118. The van der Waals surface area contributed by atoms with Crippen LogP contribution in [-0.4, -0.2) is 126 Å². The Morgan fingerprint density at radius 1 is 0.341 bits per heavy atom. The number of thiophene rings is 6. The second-order valence-electron chi connectivity index (χ2n) is 32.6. The number of aromatic nitrogens is 2. The van der Waals surface area contributed by atoms with Gasteiger partial charge in [0.05, 0.1) is 54.7 Å². The highest BCUT2D eigenvalue weighted by Crippen LogP contribution is 2.48. The summed E-state index contributed by atoms with van der Waals surface area (Å²) in [6.07, 6.45) is 5.98. The van der Waals surface area contributed by atoms with Crippen LogP contribution in [0.4, 0.5) is 0 Å². The predicted molar refractivity (Wildman–Crippen MR) is 546 cm³/mol. The van der Waals surface area contributed by atoms with Crippen molar-refractivity contribution in [2.75, 3.05) is 51.0 Å². The van der Waals surface area contributed by atoms with Crippen LogP contribution in [0.25, 0.3) is 0 Å². The quantitative estimate of drug-likeness (QED) is 0.0667. The van der Waals surface area contributed by atoms with E-state index in [2.05, 4.69) is 171 Å². The van der Waals surface area contributed by atoms with Gasteiger partial charge >= 0.3 is 0 Å². The molecule has 28 heteroatoms. The Hall–Kier alpha value is -9.56. The summed E-state index contributed by atoms with van der Waals surface area (Å²) in [4.78, 5) is 100. The number of hydrogen-bond donors (Lipinski definition) is 0. The van der Waals surface area contributed by atoms with Crippen molar-refractivity contribution < 1.29 is 28.8 Å². The monoisotopic (exact) mass is 2020 g/mol. The van der Waals surface area contributed by atoms with Crippen LogP contribution in [0.1, 0.15) is 175 Å². The minimum atomic E-state index is -0.100. The van der Waals surface area contributed by atoms with E-state index in [1.165, 1.54) is 134 Å². The van der Waals surface area contributed by atoms with E-state index in [4.69, 9.17) is 92.8 Å². The van der Waals surface area contributed by atoms with Crippen molar-refractivity contribution in [3.8, 4) is 0 Å². The average molecular weight is 2030 g/mol. The number of amides is 6. The zero-order chi connectivity index (χ0) is 93.0. The summed E-state index contributed by atoms with van der Waals surface area (Å²) in [6, 6.07) is 73.3. The van der Waals surface area contributed by atoms with Gasteiger partial charge in [-0.25, -0.2) is 9.97 Å². The molecule has 0 N–H and O–H groups in total. The molecular weight excluding hydrogens is 1930 g/mol. The number of halogens is 8. The van der Waals surface area contributed by atoms with Gasteiger partial charge in [0, 0.05) is 130 Å². The molecule has 0 fully saturated rings. The van der Waals surface area contributed by atoms with Crippen LogP contribution in [0.15, 0.2) is 267 Å². The van der Waals surface area contributed by atoms with Crippen LogP contribution in [0.5, 0.6) is 0 Å². The third-order valence-electron chi connectivity index (χ3n) is 24.5. The van der Waals surface area contributed by atoms with Gasteiger partial charge in [0.2, 0.25) is 23.6 Å². The molecule has 6 amide bonds. The number of fused-ring (bicyclic) bond motifs is 6. The molecule has 676 valence electrons. The van der Waals surface area contributed by atoms with Gasteiger partial charge in [0.15, 0.2) is 0 Å². The maximum atomic E-state index is 13.1. The van der Waals surface area contributed by atoms with Crippen molar-refractivity contribution in [2.45, 2.75) is 102 Å². The van der Waals surface area contributed by atoms with Gasteiger partial charge in [0.1, 0.15) is 22.1 Å². The Morgan fingerprint density at radius 2 is 0.621 bits per heavy atom. The highest BCUT2D eigenvalue weighted by atomic mass is 35.5. The number of benzene rings is 6. The minimum Gasteiger partial charge on any atom is -0.336 e. The van der Waals surface area contributed by atoms with Crippen LogP contribution in [0, 0.1) is 27.7 Å². The number of hydrogen-bond acceptors (Lipinski definition) is 14. The van der Waals surface area contributed by atoms with Gasteiger partial charge in [-0.2, -0.15) is 0 Å². The molecule has 132 heavy (non-hydrogen) atoms. The molecule has 6 aromatic carbocycles. The molecule has 0 aliphatic carbocycles. The Balaban J connectivity index is 0.000000122. The average Bonchev–Trinajstić information content (AvgIpc) is 1.59. The number of carbonyl (C=O) groups excluding carboxylic acids is 6. The van der Waals surface area contributed by atoms with Crippen molar-refractivity contribution >= 4 is 196 Å². The molecule has 6 aliphatic heterocycles. The third-order valence-corrected chi connectivity index (χ3v) is 32.8. The van der Waals surface area contributed by atoms with Crippen molar-refractivity contribution in [1.29, 1.82) is 0 Å². The van der Waals surface area contributed by atoms with E-state index in [0.717, 1.165) is 49.9 Å². The number of nitrogens with zero attached hydrogens (tertiary/aromatic N) is 8. The summed E-state index contributed by atoms with van der Waals surface area (Å²) >= 11 is 58.5. The van der Waals surface area contributed by atoms with Crippen LogP contribution >= 0.6 is 161 Å². The highest BCUT2D eigenvalue weighted by molar-refractivity contribution is 7.17. The molecular formula is C104H92Cl8N8O6S6. The van der Waals surface area contributed by atoms with Gasteiger partial charge in [-0.05, 0) is 200 Å². The number of carbonyl (C=O) groups is 6. The molecule has 20 rings (SSSR count). The molecule has 14 heterocycles. The van der Waals surface area contributed by atoms with E-state index in [-0.39, 0.29) is 93.0 Å². The summed E-state index contributed by atoms with van der Waals surface area (Å²) in [7, 11) is 0. The molecule has 0 spiro atoms. The standard InChI is InChI=1S/2C20H16Cl2N2OS.2C16H15Cl2NOS.2C16H15NOS/c2*1-12-5-2-3-6-13(12)16-10-24(11-17-15(16)9-18(21)26-17)20(25)14-7-4-8-23-19(14)22;2*1-10-4-2-3-5-11(10)13-8-19(16(20)7-17)9-14-12(13)6-15(18)21-14;2*1-2-15(18)17-10-13-8-9-19-16(13)14(11-17)12-6-4-3-5-7-12/h2*2-9,16H,10-11H2,1H3;2*2-6,13H,7-9H2,1H3;2*2-9,14H,1,10-11H2/t2*16-;2*13-;2*14-/m101010/s1. The molecule has 14 aromatic rings. The molecule has 6 aliphatic rings. The van der Waals surface area contributed by atoms with E-state index in [1.54, 1.807) is 82.0 Å². The Morgan fingerprint density at radius 3 is 0.909 bits per heavy atom. The second kappa shape index (κ2) is 44.7. The van der Waals surface area contributed by atoms with Gasteiger partial charge in [-0.1, -0.05) is 240 Å². The molecule has 0 unspecified atom stereocenters. The Kier molecular flexibility index (Phi) is 32.9. The molecule has 0 saturated carbocycles. The lowest BCUT2D eigenvalue weighted by Gasteiger charge is -2.34. The molecule has 0 radical (unpaired) electrons. The molecule has 0 bridgehead atoms. The number of pyridine rings is 2. The summed E-state index contributed by atoms with van der Waals surface area (Å²) in [5.41, 5.74) is 20.7. The van der Waals surface area contributed by atoms with E-state index in [1.807, 2.05) is 114 Å². The van der Waals surface area contributed by atoms with E-state index < -0.39 is 0 Å². The first-order valence-electron chi connectivity index (χ1n) is 42.7. The van der Waals surface area contributed by atoms with Crippen LogP contribution < -0.4 is 0 Å². The SMILES string of the molecule is C=CC(=O)N1Cc2ccsc2[C@@H](c2ccccc2)C1.C=CC(=O)N1Cc2ccsc2[C@H](c2ccccc2)C1.Cc1ccccc1[C@@H]1CN(C(=O)CCl)Cc2sc(Cl)cc21.Cc1ccccc1[C@@H]1CN(C(=O)c2cccnc2Cl)Cc2sc(Cl)cc21.Cc1ccccc1[C@H]1CN(C(=O)CCl)Cc2sc(Cl)cc21.Cc1ccccc1[C@H]1CN(C(=O)c2cccnc2Cl)Cc2sc(Cl)cc21. The maximum Gasteiger partial charge on any atom is 0.257 e. The number of alkyl halides is 2. The van der Waals surface area contributed by atoms with Gasteiger partial charge in [0.25, 0.3) is 11.8 Å². The molecule has 0 saturated heterocycles. The summed E-state index contributed by atoms with van der Waals surface area (Å²) in [5, 5.41) is 4.70. The summed E-state index contributed by atoms with van der Waals surface area (Å²) in [6.45, 7) is 23.3. The first-order valence-corrected chi connectivity index (χ1v) is 51.1. The normalized spacial score (nSPS) is 17.2. The zero-order valence-electron chi connectivity index (χ0n) is 72.5. The zero-order valence-corrected chi connectivity index (χ0v) is 83.5. The fourth-order valence-electron chi connectivity index (χ4n) is 18.0. The van der Waals surface area contributed by atoms with Crippen molar-refractivity contribution in [2.24, 2.45) is 0 Å². The molecule has 8 aromatic heterocycles. The smallest absolute Gasteiger partial charge is 0.257 e. The number of aryl methyl sites for hydroxylation is 4. The first kappa shape index (κ1) is 97.0. The van der Waals surface area contributed by atoms with Crippen LogP contribution in [0.3, 0.4) is 0 Å². The van der Waals surface area contributed by atoms with Gasteiger partial charge < -0.3 is 29.4 Å². The second-order valence-corrected chi connectivity index (χ2v) is 42.8. The van der Waals surface area contributed by atoms with Gasteiger partial charge in [-0.3, -0.25) is 28.8 Å². The maximum absolute atomic E-state index is 13.1. The molecule has 6 atom stereocenters. The Bertz CT molecular complexity index is 6140. The topological polar surface area (TPSA) is 148 Å². The van der Waals surface area contributed by atoms with Crippen LogP contribution in [-0.2, 0) is 58.4 Å². The van der Waals surface area contributed by atoms with Crippen LogP contribution in [0.2, 0.25) is 27.7 Å². The van der Waals surface area contributed by atoms with E-state index >= 15 is 0 Å². The van der Waals surface area contributed by atoms with Crippen molar-refractivity contribution in [3.05, 3.63) is 424 Å². The van der Waals surface area contributed by atoms with Crippen molar-refractivity contribution in [3.63, 3.8) is 0 Å². The highest BCUT2D eigenvalue weighted by Gasteiger charge is 2.39. The Labute approximate surface area is 833 Å². The lowest BCUT2D eigenvalue weighted by atomic mass is 9.86. The first-order chi connectivity index (χ1) is 63.9. The van der Waals surface area contributed by atoms with Gasteiger partial charge in [-0.15, -0.1) is 91.2 Å². The summed E-state index contributed by atoms with van der Waals surface area (Å²) in [5.74, 6) is 0.940. The molecule has 14 nitrogen and oxygen atoms in total. The lowest BCUT2D eigenvalue weighted by molar-refractivity contribution is -0.130. The number of rotatable bonds is 12. The third kappa shape index (κ3) is 22.5. The summed E-state index contributed by atoms with van der Waals surface area (Å²) < 4.78 is 3.06. The fourth-order valence-corrected chi connectivity index (χ4v) is 26.2. The van der Waals surface area contributed by atoms with Crippen molar-refractivity contribution in [1.82, 2.24) is 39.4 Å². The predicted octanol–water partition coefficient (Wildman–Crippen LogP) is 26.8.